The zero-order chi connectivity index (χ0) is 13.1. The van der Waals surface area contributed by atoms with Crippen LogP contribution in [0.3, 0.4) is 0 Å². The first-order valence-corrected chi connectivity index (χ1v) is 6.84. The van der Waals surface area contributed by atoms with E-state index in [1.165, 1.54) is 10.4 Å². The summed E-state index contributed by atoms with van der Waals surface area (Å²) in [7, 11) is 1.67. The maximum atomic E-state index is 5.16. The van der Waals surface area contributed by atoms with Crippen LogP contribution in [-0.4, -0.2) is 12.1 Å². The lowest BCUT2D eigenvalue weighted by Gasteiger charge is -2.00. The number of aromatic nitrogens is 1. The predicted octanol–water partition coefficient (Wildman–Crippen LogP) is 4.49. The molecule has 0 saturated carbocycles. The summed E-state index contributed by atoms with van der Waals surface area (Å²) in [5, 5.41) is 1.03. The van der Waals surface area contributed by atoms with E-state index in [-0.39, 0.29) is 0 Å². The van der Waals surface area contributed by atoms with E-state index in [1.54, 1.807) is 18.4 Å². The van der Waals surface area contributed by atoms with Crippen molar-refractivity contribution >= 4 is 11.3 Å². The number of hydrogen-bond acceptors (Lipinski definition) is 3. The molecule has 0 bridgehead atoms. The molecule has 3 aromatic rings. The van der Waals surface area contributed by atoms with Crippen molar-refractivity contribution in [3.8, 4) is 26.8 Å². The first-order valence-electron chi connectivity index (χ1n) is 6.02. The van der Waals surface area contributed by atoms with Crippen LogP contribution in [0.25, 0.3) is 21.0 Å². The molecule has 94 valence electrons. The van der Waals surface area contributed by atoms with Crippen LogP contribution in [0.1, 0.15) is 0 Å². The Morgan fingerprint density at radius 1 is 0.895 bits per heavy atom. The van der Waals surface area contributed by atoms with Gasteiger partial charge in [-0.15, -0.1) is 11.3 Å². The lowest BCUT2D eigenvalue weighted by molar-refractivity contribution is 0.415. The third-order valence-electron chi connectivity index (χ3n) is 2.90. The molecule has 0 radical (unpaired) electrons. The quantitative estimate of drug-likeness (QED) is 0.697. The van der Waals surface area contributed by atoms with E-state index in [0.717, 1.165) is 16.3 Å². The summed E-state index contributed by atoms with van der Waals surface area (Å²) in [6.45, 7) is 0. The second kappa shape index (κ2) is 5.24. The monoisotopic (exact) mass is 267 g/mol. The fraction of sp³-hybridized carbons (Fsp3) is 0.0625. The molecule has 0 amide bonds. The Balaban J connectivity index is 1.92. The van der Waals surface area contributed by atoms with Crippen molar-refractivity contribution in [2.45, 2.75) is 0 Å². The van der Waals surface area contributed by atoms with E-state index in [4.69, 9.17) is 4.74 Å². The first kappa shape index (κ1) is 11.9. The fourth-order valence-corrected chi connectivity index (χ4v) is 2.80. The van der Waals surface area contributed by atoms with Gasteiger partial charge in [0.15, 0.2) is 0 Å². The normalized spacial score (nSPS) is 10.4. The van der Waals surface area contributed by atoms with Gasteiger partial charge in [0.1, 0.15) is 10.8 Å². The molecule has 19 heavy (non-hydrogen) atoms. The Hall–Kier alpha value is -2.13. The molecular weight excluding hydrogens is 254 g/mol. The van der Waals surface area contributed by atoms with Gasteiger partial charge in [-0.05, 0) is 29.8 Å². The van der Waals surface area contributed by atoms with Gasteiger partial charge in [-0.3, -0.25) is 0 Å². The van der Waals surface area contributed by atoms with Crippen molar-refractivity contribution in [1.82, 2.24) is 4.98 Å². The maximum Gasteiger partial charge on any atom is 0.123 e. The van der Waals surface area contributed by atoms with Gasteiger partial charge in [0.2, 0.25) is 0 Å². The summed E-state index contributed by atoms with van der Waals surface area (Å²) in [6, 6.07) is 18.3. The number of thiazole rings is 1. The van der Waals surface area contributed by atoms with Crippen molar-refractivity contribution < 1.29 is 4.74 Å². The number of benzene rings is 2. The van der Waals surface area contributed by atoms with Gasteiger partial charge in [0, 0.05) is 11.8 Å². The van der Waals surface area contributed by atoms with E-state index in [9.17, 15) is 0 Å². The number of rotatable bonds is 3. The van der Waals surface area contributed by atoms with Crippen molar-refractivity contribution in [2.75, 3.05) is 7.11 Å². The smallest absolute Gasteiger partial charge is 0.123 e. The summed E-state index contributed by atoms with van der Waals surface area (Å²) in [6.07, 6.45) is 1.93. The molecule has 3 rings (SSSR count). The van der Waals surface area contributed by atoms with Gasteiger partial charge in [0.25, 0.3) is 0 Å². The third kappa shape index (κ3) is 2.51. The predicted molar refractivity (Wildman–Crippen MR) is 79.5 cm³/mol. The van der Waals surface area contributed by atoms with Crippen LogP contribution in [0.5, 0.6) is 5.75 Å². The molecule has 0 saturated heterocycles. The second-order valence-electron chi connectivity index (χ2n) is 4.12. The zero-order valence-electron chi connectivity index (χ0n) is 10.5. The van der Waals surface area contributed by atoms with Crippen molar-refractivity contribution in [1.29, 1.82) is 0 Å². The van der Waals surface area contributed by atoms with Crippen molar-refractivity contribution in [3.05, 3.63) is 60.8 Å². The van der Waals surface area contributed by atoms with E-state index in [1.807, 2.05) is 48.7 Å². The lowest BCUT2D eigenvalue weighted by Crippen LogP contribution is -1.81. The number of methoxy groups -OCH3 is 1. The Bertz CT molecular complexity index is 659. The Morgan fingerprint density at radius 2 is 1.63 bits per heavy atom. The third-order valence-corrected chi connectivity index (χ3v) is 4.00. The number of hydrogen-bond donors (Lipinski definition) is 0. The molecule has 0 aliphatic rings. The topological polar surface area (TPSA) is 22.1 Å². The molecule has 0 aliphatic heterocycles. The van der Waals surface area contributed by atoms with Gasteiger partial charge < -0.3 is 4.74 Å². The molecule has 0 N–H and O–H groups in total. The van der Waals surface area contributed by atoms with Gasteiger partial charge in [-0.25, -0.2) is 4.98 Å². The van der Waals surface area contributed by atoms with Crippen LogP contribution >= 0.6 is 11.3 Å². The Labute approximate surface area is 116 Å². The molecule has 0 spiro atoms. The largest absolute Gasteiger partial charge is 0.497 e. The lowest BCUT2D eigenvalue weighted by atomic mass is 10.2. The fourth-order valence-electron chi connectivity index (χ4n) is 1.88. The van der Waals surface area contributed by atoms with E-state index in [2.05, 4.69) is 17.1 Å². The molecule has 3 heteroatoms. The maximum absolute atomic E-state index is 5.16. The van der Waals surface area contributed by atoms with Gasteiger partial charge in [-0.2, -0.15) is 0 Å². The Kier molecular flexibility index (Phi) is 3.29. The van der Waals surface area contributed by atoms with E-state index >= 15 is 0 Å². The first-order chi connectivity index (χ1) is 9.36. The standard InChI is InChI=1S/C16H13NOS/c1-18-14-9-7-13(8-10-14)16-17-11-15(19-16)12-5-3-2-4-6-12/h2-11H,1H3. The minimum atomic E-state index is 0.864. The van der Waals surface area contributed by atoms with Crippen LogP contribution in [-0.2, 0) is 0 Å². The van der Waals surface area contributed by atoms with E-state index < -0.39 is 0 Å². The number of nitrogens with zero attached hydrogens (tertiary/aromatic N) is 1. The summed E-state index contributed by atoms with van der Waals surface area (Å²) in [5.74, 6) is 0.864. The average molecular weight is 267 g/mol. The molecule has 0 atom stereocenters. The highest BCUT2D eigenvalue weighted by Gasteiger charge is 2.06. The molecule has 2 aromatic carbocycles. The van der Waals surface area contributed by atoms with E-state index in [0.29, 0.717) is 0 Å². The zero-order valence-corrected chi connectivity index (χ0v) is 11.4. The molecule has 1 aromatic heterocycles. The Morgan fingerprint density at radius 3 is 2.32 bits per heavy atom. The summed E-state index contributed by atoms with van der Waals surface area (Å²) in [5.41, 5.74) is 2.33. The highest BCUT2D eigenvalue weighted by atomic mass is 32.1. The number of ether oxygens (including phenoxy) is 1. The molecule has 0 aliphatic carbocycles. The van der Waals surface area contributed by atoms with Crippen LogP contribution in [0.4, 0.5) is 0 Å². The minimum absolute atomic E-state index is 0.864. The van der Waals surface area contributed by atoms with Crippen LogP contribution in [0, 0.1) is 0 Å². The molecule has 0 fully saturated rings. The highest BCUT2D eigenvalue weighted by Crippen LogP contribution is 2.32. The molecule has 1 heterocycles. The van der Waals surface area contributed by atoms with Crippen molar-refractivity contribution in [2.24, 2.45) is 0 Å². The van der Waals surface area contributed by atoms with Crippen LogP contribution < -0.4 is 4.74 Å². The highest BCUT2D eigenvalue weighted by molar-refractivity contribution is 7.18. The molecular formula is C16H13NOS. The van der Waals surface area contributed by atoms with Gasteiger partial charge in [0.05, 0.1) is 12.0 Å². The molecule has 2 nitrogen and oxygen atoms in total. The van der Waals surface area contributed by atoms with Crippen LogP contribution in [0.15, 0.2) is 60.8 Å². The van der Waals surface area contributed by atoms with Crippen molar-refractivity contribution in [3.63, 3.8) is 0 Å². The van der Waals surface area contributed by atoms with Gasteiger partial charge in [-0.1, -0.05) is 30.3 Å². The average Bonchev–Trinajstić information content (AvgIpc) is 2.98. The molecule has 0 unspecified atom stereocenters. The second-order valence-corrected chi connectivity index (χ2v) is 5.15. The SMILES string of the molecule is COc1ccc(-c2ncc(-c3ccccc3)s2)cc1. The van der Waals surface area contributed by atoms with Gasteiger partial charge >= 0.3 is 0 Å². The van der Waals surface area contributed by atoms with Crippen LogP contribution in [0.2, 0.25) is 0 Å². The summed E-state index contributed by atoms with van der Waals surface area (Å²) < 4.78 is 5.16. The summed E-state index contributed by atoms with van der Waals surface area (Å²) >= 11 is 1.70. The minimum Gasteiger partial charge on any atom is -0.497 e. The summed E-state index contributed by atoms with van der Waals surface area (Å²) in [4.78, 5) is 5.68.